The van der Waals surface area contributed by atoms with E-state index in [-0.39, 0.29) is 5.91 Å². The van der Waals surface area contributed by atoms with E-state index in [1.54, 1.807) is 0 Å². The molecule has 0 spiro atoms. The number of anilines is 2. The fraction of sp³-hybridized carbons (Fsp3) is 0.292. The number of carbonyl (C=O) groups is 1. The predicted molar refractivity (Wildman–Crippen MR) is 125 cm³/mol. The molecule has 3 aromatic rings. The Kier molecular flexibility index (Phi) is 6.74. The summed E-state index contributed by atoms with van der Waals surface area (Å²) in [6.07, 6.45) is 5.35. The Morgan fingerprint density at radius 2 is 1.70 bits per heavy atom. The van der Waals surface area contributed by atoms with Gasteiger partial charge in [0.1, 0.15) is 0 Å². The van der Waals surface area contributed by atoms with Crippen LogP contribution in [0.15, 0.2) is 65.1 Å². The zero-order valence-corrected chi connectivity index (χ0v) is 18.4. The van der Waals surface area contributed by atoms with E-state index < -0.39 is 0 Å². The normalized spacial score (nSPS) is 14.2. The molecule has 5 nitrogen and oxygen atoms in total. The highest BCUT2D eigenvalue weighted by molar-refractivity contribution is 9.10. The highest BCUT2D eigenvalue weighted by Gasteiger charge is 2.12. The molecule has 0 unspecified atom stereocenters. The fourth-order valence-corrected chi connectivity index (χ4v) is 3.96. The van der Waals surface area contributed by atoms with Gasteiger partial charge in [-0.1, -0.05) is 53.0 Å². The molecule has 0 aliphatic carbocycles. The van der Waals surface area contributed by atoms with E-state index >= 15 is 0 Å². The second-order valence-corrected chi connectivity index (χ2v) is 8.53. The highest BCUT2D eigenvalue weighted by Crippen LogP contribution is 2.23. The van der Waals surface area contributed by atoms with E-state index in [9.17, 15) is 4.79 Å². The number of hydrogen-bond acceptors (Lipinski definition) is 4. The van der Waals surface area contributed by atoms with Crippen molar-refractivity contribution in [2.24, 2.45) is 0 Å². The third-order valence-electron chi connectivity index (χ3n) is 5.30. The minimum atomic E-state index is -0.0444. The van der Waals surface area contributed by atoms with Crippen LogP contribution in [0.3, 0.4) is 0 Å². The molecular weight excluding hydrogens is 440 g/mol. The summed E-state index contributed by atoms with van der Waals surface area (Å²) >= 11 is 3.41. The number of amides is 1. The quantitative estimate of drug-likeness (QED) is 0.543. The molecule has 0 radical (unpaired) electrons. The van der Waals surface area contributed by atoms with Crippen molar-refractivity contribution in [1.82, 2.24) is 10.2 Å². The molecule has 1 aliphatic heterocycles. The largest absolute Gasteiger partial charge is 0.355 e. The van der Waals surface area contributed by atoms with Gasteiger partial charge in [-0.25, -0.2) is 0 Å². The summed E-state index contributed by atoms with van der Waals surface area (Å²) in [7, 11) is 0. The third kappa shape index (κ3) is 5.45. The molecule has 1 amide bonds. The molecule has 1 N–H and O–H groups in total. The van der Waals surface area contributed by atoms with Crippen molar-refractivity contribution in [3.8, 4) is 11.3 Å². The van der Waals surface area contributed by atoms with Gasteiger partial charge in [0.2, 0.25) is 5.91 Å². The van der Waals surface area contributed by atoms with E-state index in [1.807, 2.05) is 60.7 Å². The van der Waals surface area contributed by atoms with Crippen LogP contribution in [0.2, 0.25) is 0 Å². The van der Waals surface area contributed by atoms with Crippen LogP contribution < -0.4 is 10.2 Å². The first kappa shape index (κ1) is 20.5. The van der Waals surface area contributed by atoms with Crippen molar-refractivity contribution in [2.45, 2.75) is 32.1 Å². The maximum absolute atomic E-state index is 12.4. The first-order valence-corrected chi connectivity index (χ1v) is 11.2. The standard InChI is InChI=1S/C24H25BrN4O/c25-20-10-8-18(9-11-20)16-24(30)26-21-7-5-6-19(17-21)22-12-13-23(28-27-22)29-14-3-1-2-4-15-29/h5-13,17H,1-4,14-16H2,(H,26,30). The minimum Gasteiger partial charge on any atom is -0.355 e. The van der Waals surface area contributed by atoms with Gasteiger partial charge in [0, 0.05) is 28.8 Å². The lowest BCUT2D eigenvalue weighted by Crippen LogP contribution is -2.25. The number of hydrogen-bond donors (Lipinski definition) is 1. The van der Waals surface area contributed by atoms with Crippen LogP contribution >= 0.6 is 15.9 Å². The summed E-state index contributed by atoms with van der Waals surface area (Å²) in [5.41, 5.74) is 3.47. The van der Waals surface area contributed by atoms with Crippen molar-refractivity contribution in [3.63, 3.8) is 0 Å². The predicted octanol–water partition coefficient (Wildman–Crippen LogP) is 5.47. The number of nitrogens with one attached hydrogen (secondary N) is 1. The maximum Gasteiger partial charge on any atom is 0.228 e. The lowest BCUT2D eigenvalue weighted by atomic mass is 10.1. The van der Waals surface area contributed by atoms with Crippen molar-refractivity contribution in [2.75, 3.05) is 23.3 Å². The second kappa shape index (κ2) is 9.85. The van der Waals surface area contributed by atoms with E-state index in [0.717, 1.165) is 45.9 Å². The van der Waals surface area contributed by atoms with Gasteiger partial charge in [-0.05, 0) is 54.8 Å². The molecule has 2 heterocycles. The second-order valence-electron chi connectivity index (χ2n) is 7.61. The van der Waals surface area contributed by atoms with E-state index in [2.05, 4.69) is 36.3 Å². The van der Waals surface area contributed by atoms with E-state index in [4.69, 9.17) is 0 Å². The Labute approximate surface area is 185 Å². The minimum absolute atomic E-state index is 0.0444. The molecule has 0 saturated carbocycles. The highest BCUT2D eigenvalue weighted by atomic mass is 79.9. The fourth-order valence-electron chi connectivity index (χ4n) is 3.70. The average Bonchev–Trinajstić information content (AvgIpc) is 3.05. The molecule has 0 atom stereocenters. The number of halogens is 1. The van der Waals surface area contributed by atoms with Gasteiger partial charge in [0.25, 0.3) is 0 Å². The van der Waals surface area contributed by atoms with Gasteiger partial charge < -0.3 is 10.2 Å². The van der Waals surface area contributed by atoms with Gasteiger partial charge in [-0.2, -0.15) is 0 Å². The zero-order valence-electron chi connectivity index (χ0n) is 16.9. The summed E-state index contributed by atoms with van der Waals surface area (Å²) in [5.74, 6) is 0.900. The first-order valence-electron chi connectivity index (χ1n) is 10.4. The molecule has 1 aliphatic rings. The summed E-state index contributed by atoms with van der Waals surface area (Å²) in [6, 6.07) is 19.6. The van der Waals surface area contributed by atoms with Gasteiger partial charge in [-0.3, -0.25) is 4.79 Å². The Hall–Kier alpha value is -2.73. The smallest absolute Gasteiger partial charge is 0.228 e. The van der Waals surface area contributed by atoms with Crippen LogP contribution in [-0.4, -0.2) is 29.2 Å². The third-order valence-corrected chi connectivity index (χ3v) is 5.83. The lowest BCUT2D eigenvalue weighted by molar-refractivity contribution is -0.115. The van der Waals surface area contributed by atoms with Crippen molar-refractivity contribution in [1.29, 1.82) is 0 Å². The van der Waals surface area contributed by atoms with Crippen LogP contribution in [0.5, 0.6) is 0 Å². The lowest BCUT2D eigenvalue weighted by Gasteiger charge is -2.20. The van der Waals surface area contributed by atoms with Crippen LogP contribution in [0, 0.1) is 0 Å². The molecule has 1 fully saturated rings. The van der Waals surface area contributed by atoms with Gasteiger partial charge in [-0.15, -0.1) is 10.2 Å². The van der Waals surface area contributed by atoms with Gasteiger partial charge in [0.05, 0.1) is 12.1 Å². The van der Waals surface area contributed by atoms with Crippen molar-refractivity contribution >= 4 is 33.3 Å². The zero-order chi connectivity index (χ0) is 20.8. The number of nitrogens with zero attached hydrogens (tertiary/aromatic N) is 3. The molecule has 1 saturated heterocycles. The van der Waals surface area contributed by atoms with Crippen LogP contribution in [0.4, 0.5) is 11.5 Å². The molecule has 1 aromatic heterocycles. The average molecular weight is 465 g/mol. The van der Waals surface area contributed by atoms with Gasteiger partial charge in [0.15, 0.2) is 5.82 Å². The Morgan fingerprint density at radius 1 is 0.933 bits per heavy atom. The van der Waals surface area contributed by atoms with Crippen LogP contribution in [0.25, 0.3) is 11.3 Å². The van der Waals surface area contributed by atoms with Crippen LogP contribution in [-0.2, 0) is 11.2 Å². The van der Waals surface area contributed by atoms with Crippen LogP contribution in [0.1, 0.15) is 31.2 Å². The number of benzene rings is 2. The SMILES string of the molecule is O=C(Cc1ccc(Br)cc1)Nc1cccc(-c2ccc(N3CCCCCC3)nn2)c1. The summed E-state index contributed by atoms with van der Waals surface area (Å²) in [6.45, 7) is 2.10. The maximum atomic E-state index is 12.4. The molecule has 2 aromatic carbocycles. The Bertz CT molecular complexity index is 981. The molecular formula is C24H25BrN4O. The van der Waals surface area contributed by atoms with E-state index in [1.165, 1.54) is 25.7 Å². The summed E-state index contributed by atoms with van der Waals surface area (Å²) in [5, 5.41) is 11.9. The van der Waals surface area contributed by atoms with E-state index in [0.29, 0.717) is 6.42 Å². The monoisotopic (exact) mass is 464 g/mol. The molecule has 154 valence electrons. The number of rotatable bonds is 5. The number of aromatic nitrogens is 2. The molecule has 30 heavy (non-hydrogen) atoms. The van der Waals surface area contributed by atoms with Gasteiger partial charge >= 0.3 is 0 Å². The Morgan fingerprint density at radius 3 is 2.40 bits per heavy atom. The summed E-state index contributed by atoms with van der Waals surface area (Å²) < 4.78 is 1.00. The van der Waals surface area contributed by atoms with Crippen molar-refractivity contribution < 1.29 is 4.79 Å². The number of carbonyl (C=O) groups excluding carboxylic acids is 1. The first-order chi connectivity index (χ1) is 14.7. The summed E-state index contributed by atoms with van der Waals surface area (Å²) in [4.78, 5) is 14.7. The Balaban J connectivity index is 1.42. The molecule has 0 bridgehead atoms. The molecule has 6 heteroatoms. The molecule has 4 rings (SSSR count). The van der Waals surface area contributed by atoms with Crippen molar-refractivity contribution in [3.05, 3.63) is 70.7 Å². The topological polar surface area (TPSA) is 58.1 Å².